The molecule has 0 aromatic heterocycles. The van der Waals surface area contributed by atoms with E-state index in [9.17, 15) is 4.79 Å². The second kappa shape index (κ2) is 7.25. The van der Waals surface area contributed by atoms with Gasteiger partial charge >= 0.3 is 5.97 Å². The van der Waals surface area contributed by atoms with E-state index in [0.717, 1.165) is 32.1 Å². The highest BCUT2D eigenvalue weighted by atomic mass is 16.5. The highest BCUT2D eigenvalue weighted by molar-refractivity contribution is 5.69. The number of ether oxygens (including phenoxy) is 1. The summed E-state index contributed by atoms with van der Waals surface area (Å²) in [5, 5.41) is 3.44. The van der Waals surface area contributed by atoms with Crippen LogP contribution < -0.4 is 10.1 Å². The van der Waals surface area contributed by atoms with Crippen LogP contribution in [0.25, 0.3) is 0 Å². The molecule has 1 atom stereocenters. The van der Waals surface area contributed by atoms with Gasteiger partial charge in [0.05, 0.1) is 0 Å². The average molecular weight is 302 g/mol. The van der Waals surface area contributed by atoms with Crippen molar-refractivity contribution in [1.82, 2.24) is 10.2 Å². The molecule has 1 saturated heterocycles. The Labute approximate surface area is 132 Å². The SMILES string of the molecule is CC(=O)Oc1ccc([C@@H](C2CCCC2)N2CCNCC2)cc1. The van der Waals surface area contributed by atoms with Crippen molar-refractivity contribution >= 4 is 5.97 Å². The first-order valence-corrected chi connectivity index (χ1v) is 8.47. The van der Waals surface area contributed by atoms with Gasteiger partial charge in [-0.1, -0.05) is 25.0 Å². The summed E-state index contributed by atoms with van der Waals surface area (Å²) in [6.07, 6.45) is 5.39. The zero-order valence-corrected chi connectivity index (χ0v) is 13.4. The summed E-state index contributed by atoms with van der Waals surface area (Å²) in [5.74, 6) is 1.14. The van der Waals surface area contributed by atoms with Crippen molar-refractivity contribution in [3.05, 3.63) is 29.8 Å². The van der Waals surface area contributed by atoms with Crippen LogP contribution in [0.3, 0.4) is 0 Å². The number of esters is 1. The Hall–Kier alpha value is -1.39. The van der Waals surface area contributed by atoms with E-state index < -0.39 is 0 Å². The molecule has 0 unspecified atom stereocenters. The molecule has 1 aliphatic heterocycles. The smallest absolute Gasteiger partial charge is 0.308 e. The lowest BCUT2D eigenvalue weighted by Crippen LogP contribution is -2.46. The second-order valence-corrected chi connectivity index (χ2v) is 6.44. The molecule has 0 amide bonds. The summed E-state index contributed by atoms with van der Waals surface area (Å²) in [6.45, 7) is 5.83. The molecule has 3 rings (SSSR count). The zero-order valence-electron chi connectivity index (χ0n) is 13.4. The summed E-state index contributed by atoms with van der Waals surface area (Å²) in [4.78, 5) is 13.7. The number of carbonyl (C=O) groups is 1. The maximum Gasteiger partial charge on any atom is 0.308 e. The largest absolute Gasteiger partial charge is 0.427 e. The van der Waals surface area contributed by atoms with E-state index in [1.54, 1.807) is 0 Å². The second-order valence-electron chi connectivity index (χ2n) is 6.44. The maximum absolute atomic E-state index is 11.1. The standard InChI is InChI=1S/C18H26N2O2/c1-14(21)22-17-8-6-16(7-9-17)18(15-4-2-3-5-15)20-12-10-19-11-13-20/h6-9,15,18-19H,2-5,10-13H2,1H3/t18-/m1/s1. The summed E-state index contributed by atoms with van der Waals surface area (Å²) < 4.78 is 5.16. The molecule has 0 radical (unpaired) electrons. The fourth-order valence-electron chi connectivity index (χ4n) is 3.91. The van der Waals surface area contributed by atoms with Crippen LogP contribution in [-0.4, -0.2) is 37.0 Å². The monoisotopic (exact) mass is 302 g/mol. The topological polar surface area (TPSA) is 41.6 Å². The van der Waals surface area contributed by atoms with Gasteiger partial charge in [-0.15, -0.1) is 0 Å². The molecule has 2 fully saturated rings. The molecule has 1 saturated carbocycles. The molecule has 1 aromatic carbocycles. The molecule has 22 heavy (non-hydrogen) atoms. The fourth-order valence-corrected chi connectivity index (χ4v) is 3.91. The lowest BCUT2D eigenvalue weighted by molar-refractivity contribution is -0.131. The molecule has 0 spiro atoms. The minimum Gasteiger partial charge on any atom is -0.427 e. The van der Waals surface area contributed by atoms with Crippen molar-refractivity contribution in [1.29, 1.82) is 0 Å². The molecule has 1 aliphatic carbocycles. The highest BCUT2D eigenvalue weighted by Crippen LogP contribution is 2.40. The van der Waals surface area contributed by atoms with Crippen molar-refractivity contribution in [3.8, 4) is 5.75 Å². The molecule has 0 bridgehead atoms. The molecular weight excluding hydrogens is 276 g/mol. The van der Waals surface area contributed by atoms with E-state index in [1.807, 2.05) is 12.1 Å². The zero-order chi connectivity index (χ0) is 15.4. The van der Waals surface area contributed by atoms with Crippen molar-refractivity contribution < 1.29 is 9.53 Å². The molecule has 1 N–H and O–H groups in total. The number of nitrogens with zero attached hydrogens (tertiary/aromatic N) is 1. The Morgan fingerprint density at radius 1 is 1.18 bits per heavy atom. The lowest BCUT2D eigenvalue weighted by atomic mass is 9.89. The lowest BCUT2D eigenvalue weighted by Gasteiger charge is -2.38. The van der Waals surface area contributed by atoms with Gasteiger partial charge in [0.2, 0.25) is 0 Å². The van der Waals surface area contributed by atoms with Gasteiger partial charge in [0.25, 0.3) is 0 Å². The quantitative estimate of drug-likeness (QED) is 0.686. The summed E-state index contributed by atoms with van der Waals surface area (Å²) in [6, 6.07) is 8.66. The van der Waals surface area contributed by atoms with E-state index >= 15 is 0 Å². The average Bonchev–Trinajstić information content (AvgIpc) is 3.04. The molecule has 2 aliphatic rings. The molecule has 1 heterocycles. The molecule has 4 nitrogen and oxygen atoms in total. The Morgan fingerprint density at radius 3 is 2.41 bits per heavy atom. The van der Waals surface area contributed by atoms with E-state index in [1.165, 1.54) is 38.2 Å². The third-order valence-electron chi connectivity index (χ3n) is 4.87. The number of nitrogens with one attached hydrogen (secondary N) is 1. The third-order valence-corrected chi connectivity index (χ3v) is 4.87. The Morgan fingerprint density at radius 2 is 1.82 bits per heavy atom. The summed E-state index contributed by atoms with van der Waals surface area (Å²) in [7, 11) is 0. The first-order valence-electron chi connectivity index (χ1n) is 8.47. The number of rotatable bonds is 4. The minimum atomic E-state index is -0.262. The number of benzene rings is 1. The first-order chi connectivity index (χ1) is 10.7. The van der Waals surface area contributed by atoms with Gasteiger partial charge in [-0.05, 0) is 36.5 Å². The van der Waals surface area contributed by atoms with Gasteiger partial charge in [0, 0.05) is 39.1 Å². The van der Waals surface area contributed by atoms with Gasteiger partial charge < -0.3 is 10.1 Å². The molecule has 4 heteroatoms. The molecule has 120 valence electrons. The third kappa shape index (κ3) is 3.68. The van der Waals surface area contributed by atoms with Crippen LogP contribution in [-0.2, 0) is 4.79 Å². The van der Waals surface area contributed by atoms with Gasteiger partial charge in [-0.2, -0.15) is 0 Å². The van der Waals surface area contributed by atoms with Crippen molar-refractivity contribution in [3.63, 3.8) is 0 Å². The predicted octanol–water partition coefficient (Wildman–Crippen LogP) is 2.75. The maximum atomic E-state index is 11.1. The van der Waals surface area contributed by atoms with Crippen molar-refractivity contribution in [2.24, 2.45) is 5.92 Å². The van der Waals surface area contributed by atoms with Gasteiger partial charge in [-0.25, -0.2) is 0 Å². The van der Waals surface area contributed by atoms with Crippen molar-refractivity contribution in [2.45, 2.75) is 38.6 Å². The van der Waals surface area contributed by atoms with E-state index in [0.29, 0.717) is 11.8 Å². The first kappa shape index (κ1) is 15.5. The van der Waals surface area contributed by atoms with Gasteiger partial charge in [0.1, 0.15) is 5.75 Å². The Balaban J connectivity index is 1.79. The van der Waals surface area contributed by atoms with E-state index in [4.69, 9.17) is 4.74 Å². The van der Waals surface area contributed by atoms with Crippen LogP contribution >= 0.6 is 0 Å². The van der Waals surface area contributed by atoms with E-state index in [2.05, 4.69) is 22.3 Å². The van der Waals surface area contributed by atoms with Crippen LogP contribution in [0.4, 0.5) is 0 Å². The molecular formula is C18H26N2O2. The van der Waals surface area contributed by atoms with Gasteiger partial charge in [-0.3, -0.25) is 9.69 Å². The number of hydrogen-bond donors (Lipinski definition) is 1. The van der Waals surface area contributed by atoms with Crippen LogP contribution in [0.15, 0.2) is 24.3 Å². The van der Waals surface area contributed by atoms with E-state index in [-0.39, 0.29) is 5.97 Å². The number of carbonyl (C=O) groups excluding carboxylic acids is 1. The highest BCUT2D eigenvalue weighted by Gasteiger charge is 2.31. The Kier molecular flexibility index (Phi) is 5.11. The summed E-state index contributed by atoms with van der Waals surface area (Å²) >= 11 is 0. The minimum absolute atomic E-state index is 0.262. The predicted molar refractivity (Wildman–Crippen MR) is 86.9 cm³/mol. The number of hydrogen-bond acceptors (Lipinski definition) is 4. The van der Waals surface area contributed by atoms with Crippen molar-refractivity contribution in [2.75, 3.05) is 26.2 Å². The van der Waals surface area contributed by atoms with Crippen LogP contribution in [0.2, 0.25) is 0 Å². The Bertz CT molecular complexity index is 488. The van der Waals surface area contributed by atoms with Crippen LogP contribution in [0, 0.1) is 5.92 Å². The fraction of sp³-hybridized carbons (Fsp3) is 0.611. The van der Waals surface area contributed by atoms with Crippen LogP contribution in [0.1, 0.15) is 44.2 Å². The molecule has 1 aromatic rings. The van der Waals surface area contributed by atoms with Gasteiger partial charge in [0.15, 0.2) is 0 Å². The normalized spacial score (nSPS) is 21.7. The number of piperazine rings is 1. The van der Waals surface area contributed by atoms with Crippen LogP contribution in [0.5, 0.6) is 5.75 Å². The summed E-state index contributed by atoms with van der Waals surface area (Å²) in [5.41, 5.74) is 1.37.